The number of nitrogens with two attached hydrogens (primary N) is 1. The van der Waals surface area contributed by atoms with Gasteiger partial charge in [-0.1, -0.05) is 12.1 Å². The predicted molar refractivity (Wildman–Crippen MR) is 76.4 cm³/mol. The van der Waals surface area contributed by atoms with E-state index in [1.54, 1.807) is 7.11 Å². The molecule has 1 aliphatic heterocycles. The Hall–Kier alpha value is -1.59. The molecular weight excluding hydrogens is 256 g/mol. The van der Waals surface area contributed by atoms with Crippen LogP contribution in [0.25, 0.3) is 0 Å². The number of carbonyl (C=O) groups excluding carboxylic acids is 1. The van der Waals surface area contributed by atoms with Gasteiger partial charge in [0, 0.05) is 19.1 Å². The summed E-state index contributed by atoms with van der Waals surface area (Å²) in [4.78, 5) is 14.0. The first-order valence-electron chi connectivity index (χ1n) is 6.86. The summed E-state index contributed by atoms with van der Waals surface area (Å²) in [7, 11) is 3.08. The lowest BCUT2D eigenvalue weighted by Gasteiger charge is -2.28. The summed E-state index contributed by atoms with van der Waals surface area (Å²) in [5, 5.41) is 0. The Balaban J connectivity index is 2.11. The molecule has 1 unspecified atom stereocenters. The van der Waals surface area contributed by atoms with Crippen molar-refractivity contribution in [3.63, 3.8) is 0 Å². The first kappa shape index (κ1) is 14.8. The van der Waals surface area contributed by atoms with E-state index in [0.717, 1.165) is 24.2 Å². The first-order chi connectivity index (χ1) is 9.69. The van der Waals surface area contributed by atoms with Crippen molar-refractivity contribution in [3.8, 4) is 5.75 Å². The molecule has 5 heteroatoms. The molecule has 110 valence electrons. The highest BCUT2D eigenvalue weighted by Gasteiger charge is 2.37. The highest BCUT2D eigenvalue weighted by atomic mass is 16.5. The lowest BCUT2D eigenvalue weighted by atomic mass is 10.1. The maximum Gasteiger partial charge on any atom is 0.323 e. The third kappa shape index (κ3) is 3.11. The zero-order valence-electron chi connectivity index (χ0n) is 12.0. The van der Waals surface area contributed by atoms with E-state index in [-0.39, 0.29) is 18.1 Å². The van der Waals surface area contributed by atoms with Crippen LogP contribution in [0, 0.1) is 0 Å². The Kier molecular flexibility index (Phi) is 4.98. The number of rotatable bonds is 5. The molecule has 1 fully saturated rings. The van der Waals surface area contributed by atoms with Crippen LogP contribution in [0.3, 0.4) is 0 Å². The zero-order valence-corrected chi connectivity index (χ0v) is 12.0. The number of hydrogen-bond donors (Lipinski definition) is 1. The number of benzene rings is 1. The van der Waals surface area contributed by atoms with Gasteiger partial charge in [-0.25, -0.2) is 0 Å². The van der Waals surface area contributed by atoms with Crippen molar-refractivity contribution in [2.24, 2.45) is 5.73 Å². The molecule has 0 radical (unpaired) electrons. The van der Waals surface area contributed by atoms with Gasteiger partial charge in [-0.15, -0.1) is 0 Å². The minimum Gasteiger partial charge on any atom is -0.497 e. The summed E-state index contributed by atoms with van der Waals surface area (Å²) in [5.74, 6) is 0.657. The lowest BCUT2D eigenvalue weighted by molar-refractivity contribution is -0.146. The summed E-state index contributed by atoms with van der Waals surface area (Å²) in [6, 6.07) is 7.93. The number of hydrogen-bond acceptors (Lipinski definition) is 5. The molecular formula is C15H22N2O3. The van der Waals surface area contributed by atoms with E-state index >= 15 is 0 Å². The Bertz CT molecular complexity index is 447. The molecule has 1 aromatic rings. The fraction of sp³-hybridized carbons (Fsp3) is 0.533. The van der Waals surface area contributed by atoms with Crippen LogP contribution in [0.5, 0.6) is 5.75 Å². The van der Waals surface area contributed by atoms with Crippen molar-refractivity contribution in [2.75, 3.05) is 20.8 Å². The molecule has 1 saturated heterocycles. The van der Waals surface area contributed by atoms with Crippen molar-refractivity contribution < 1.29 is 14.3 Å². The van der Waals surface area contributed by atoms with Crippen LogP contribution in [-0.4, -0.2) is 43.7 Å². The van der Waals surface area contributed by atoms with Gasteiger partial charge in [-0.05, 0) is 30.5 Å². The average Bonchev–Trinajstić information content (AvgIpc) is 2.90. The zero-order chi connectivity index (χ0) is 14.5. The first-order valence-corrected chi connectivity index (χ1v) is 6.86. The van der Waals surface area contributed by atoms with Crippen LogP contribution in [-0.2, 0) is 16.1 Å². The molecule has 0 aliphatic carbocycles. The number of nitrogens with zero attached hydrogens (tertiary/aromatic N) is 1. The van der Waals surface area contributed by atoms with Crippen molar-refractivity contribution in [1.82, 2.24) is 4.90 Å². The number of likely N-dealkylation sites (tertiary alicyclic amines) is 1. The van der Waals surface area contributed by atoms with Gasteiger partial charge < -0.3 is 15.2 Å². The van der Waals surface area contributed by atoms with Gasteiger partial charge in [-0.2, -0.15) is 0 Å². The number of methoxy groups -OCH3 is 2. The fourth-order valence-electron chi connectivity index (χ4n) is 2.76. The molecule has 5 nitrogen and oxygen atoms in total. The summed E-state index contributed by atoms with van der Waals surface area (Å²) in [5.41, 5.74) is 6.95. The molecule has 1 aromatic carbocycles. The normalized spacial score (nSPS) is 22.8. The Morgan fingerprint density at radius 1 is 1.30 bits per heavy atom. The number of ether oxygens (including phenoxy) is 2. The third-order valence-corrected chi connectivity index (χ3v) is 3.91. The van der Waals surface area contributed by atoms with E-state index in [1.807, 2.05) is 24.3 Å². The second-order valence-corrected chi connectivity index (χ2v) is 5.03. The van der Waals surface area contributed by atoms with E-state index < -0.39 is 0 Å². The van der Waals surface area contributed by atoms with Crippen molar-refractivity contribution >= 4 is 5.97 Å². The smallest absolute Gasteiger partial charge is 0.323 e. The van der Waals surface area contributed by atoms with Gasteiger partial charge >= 0.3 is 5.97 Å². The molecule has 0 amide bonds. The van der Waals surface area contributed by atoms with Gasteiger partial charge in [0.05, 0.1) is 14.2 Å². The summed E-state index contributed by atoms with van der Waals surface area (Å²) in [6.45, 7) is 1.26. The molecule has 1 heterocycles. The predicted octanol–water partition coefficient (Wildman–Crippen LogP) is 1.16. The quantitative estimate of drug-likeness (QED) is 0.819. The van der Waals surface area contributed by atoms with E-state index in [0.29, 0.717) is 13.1 Å². The molecule has 1 aliphatic rings. The van der Waals surface area contributed by atoms with Crippen LogP contribution in [0.1, 0.15) is 18.4 Å². The highest BCUT2D eigenvalue weighted by Crippen LogP contribution is 2.27. The van der Waals surface area contributed by atoms with Gasteiger partial charge in [0.15, 0.2) is 0 Å². The Morgan fingerprint density at radius 2 is 2.00 bits per heavy atom. The summed E-state index contributed by atoms with van der Waals surface area (Å²) in [6.07, 6.45) is 1.75. The van der Waals surface area contributed by atoms with E-state index in [4.69, 9.17) is 15.2 Å². The van der Waals surface area contributed by atoms with Crippen LogP contribution < -0.4 is 10.5 Å². The monoisotopic (exact) mass is 278 g/mol. The van der Waals surface area contributed by atoms with Gasteiger partial charge in [0.1, 0.15) is 11.8 Å². The molecule has 2 atom stereocenters. The van der Waals surface area contributed by atoms with Crippen molar-refractivity contribution in [1.29, 1.82) is 0 Å². The van der Waals surface area contributed by atoms with Crippen molar-refractivity contribution in [3.05, 3.63) is 29.8 Å². The van der Waals surface area contributed by atoms with Crippen LogP contribution in [0.4, 0.5) is 0 Å². The van der Waals surface area contributed by atoms with Gasteiger partial charge in [0.25, 0.3) is 0 Å². The molecule has 0 saturated carbocycles. The topological polar surface area (TPSA) is 64.8 Å². The van der Waals surface area contributed by atoms with E-state index in [2.05, 4.69) is 4.90 Å². The van der Waals surface area contributed by atoms with Crippen LogP contribution in [0.2, 0.25) is 0 Å². The van der Waals surface area contributed by atoms with E-state index in [9.17, 15) is 4.79 Å². The minimum atomic E-state index is -0.185. The summed E-state index contributed by atoms with van der Waals surface area (Å²) < 4.78 is 10.0. The highest BCUT2D eigenvalue weighted by molar-refractivity contribution is 5.76. The second-order valence-electron chi connectivity index (χ2n) is 5.03. The largest absolute Gasteiger partial charge is 0.497 e. The maximum absolute atomic E-state index is 11.9. The van der Waals surface area contributed by atoms with E-state index in [1.165, 1.54) is 7.11 Å². The second kappa shape index (κ2) is 6.72. The lowest BCUT2D eigenvalue weighted by Crippen LogP contribution is -2.43. The maximum atomic E-state index is 11.9. The molecule has 0 aromatic heterocycles. The fourth-order valence-corrected chi connectivity index (χ4v) is 2.76. The standard InChI is InChI=1S/C15H22N2O3/c1-19-13-6-3-11(4-7-13)10-17-12(9-16)5-8-14(17)15(18)20-2/h3-4,6-7,12,14H,5,8-10,16H2,1-2H3/t12?,14-/m0/s1. The number of carbonyl (C=O) groups is 1. The number of esters is 1. The average molecular weight is 278 g/mol. The molecule has 0 bridgehead atoms. The molecule has 2 rings (SSSR count). The Labute approximate surface area is 119 Å². The molecule has 2 N–H and O–H groups in total. The van der Waals surface area contributed by atoms with Crippen molar-refractivity contribution in [2.45, 2.75) is 31.5 Å². The SMILES string of the molecule is COC(=O)[C@@H]1CCC(CN)N1Cc1ccc(OC)cc1. The third-order valence-electron chi connectivity index (χ3n) is 3.91. The minimum absolute atomic E-state index is 0.172. The van der Waals surface area contributed by atoms with Gasteiger partial charge in [-0.3, -0.25) is 9.69 Å². The Morgan fingerprint density at radius 3 is 2.55 bits per heavy atom. The summed E-state index contributed by atoms with van der Waals surface area (Å²) >= 11 is 0. The van der Waals surface area contributed by atoms with Gasteiger partial charge in [0.2, 0.25) is 0 Å². The van der Waals surface area contributed by atoms with Crippen LogP contribution >= 0.6 is 0 Å². The van der Waals surface area contributed by atoms with Crippen LogP contribution in [0.15, 0.2) is 24.3 Å². The molecule has 20 heavy (non-hydrogen) atoms. The molecule has 0 spiro atoms.